The predicted octanol–water partition coefficient (Wildman–Crippen LogP) is -0.554. The molecule has 0 amide bonds. The highest BCUT2D eigenvalue weighted by atomic mass is 32.2. The van der Waals surface area contributed by atoms with Gasteiger partial charge in [0.15, 0.2) is 23.3 Å². The Labute approximate surface area is 174 Å². The molecule has 0 bridgehead atoms. The van der Waals surface area contributed by atoms with Gasteiger partial charge in [0.05, 0.1) is 12.2 Å². The van der Waals surface area contributed by atoms with Crippen LogP contribution in [0, 0.1) is 0 Å². The number of nitrogens with zero attached hydrogens (tertiary/aromatic N) is 4. The third-order valence-electron chi connectivity index (χ3n) is 4.19. The fourth-order valence-corrected chi connectivity index (χ4v) is 4.01. The summed E-state index contributed by atoms with van der Waals surface area (Å²) < 4.78 is 22.4. The fourth-order valence-electron chi connectivity index (χ4n) is 2.75. The van der Waals surface area contributed by atoms with Crippen LogP contribution in [0.15, 0.2) is 12.7 Å². The van der Waals surface area contributed by atoms with Gasteiger partial charge in [-0.25, -0.2) is 19.5 Å². The Bertz CT molecular complexity index is 940. The Morgan fingerprint density at radius 1 is 1.47 bits per heavy atom. The van der Waals surface area contributed by atoms with Crippen molar-refractivity contribution in [2.24, 2.45) is 5.73 Å². The average Bonchev–Trinajstić information content (AvgIpc) is 3.24. The van der Waals surface area contributed by atoms with E-state index in [-0.39, 0.29) is 6.42 Å². The number of aliphatic carboxylic acids is 1. The average molecular weight is 464 g/mol. The van der Waals surface area contributed by atoms with Crippen LogP contribution in [0.2, 0.25) is 0 Å². The molecule has 4 unspecified atom stereocenters. The normalized spacial score (nSPS) is 23.0. The zero-order chi connectivity index (χ0) is 21.9. The molecular weight excluding hydrogens is 443 g/mol. The highest BCUT2D eigenvalue weighted by Gasteiger charge is 2.40. The second kappa shape index (κ2) is 9.53. The fraction of sp³-hybridized carbons (Fsp3) is 0.571. The standard InChI is InChI=1S/C14H21N6O8PS/c15-7(13(22)23)1-2-30-6-19-11-10-12(17-4-16-11)20(5-18-10)9-3-8(21)14(27-9)28-29(24,25)26/h4-5,7-9,14,21H,1-3,6,15H2,(H,22,23)(H,16,17,19)(H2,24,25,26). The van der Waals surface area contributed by atoms with Gasteiger partial charge in [-0.1, -0.05) is 0 Å². The van der Waals surface area contributed by atoms with Crippen LogP contribution in [-0.4, -0.2) is 75.6 Å². The molecule has 16 heteroatoms. The van der Waals surface area contributed by atoms with Crippen molar-refractivity contribution in [3.8, 4) is 0 Å². The van der Waals surface area contributed by atoms with E-state index in [0.717, 1.165) is 0 Å². The third-order valence-corrected chi connectivity index (χ3v) is 5.55. The lowest BCUT2D eigenvalue weighted by atomic mass is 10.2. The summed E-state index contributed by atoms with van der Waals surface area (Å²) in [5.74, 6) is 0.370. The number of hydrogen-bond donors (Lipinski definition) is 6. The number of phosphoric ester groups is 1. The van der Waals surface area contributed by atoms with Gasteiger partial charge in [-0.2, -0.15) is 0 Å². The number of anilines is 1. The van der Waals surface area contributed by atoms with Crippen molar-refractivity contribution in [1.82, 2.24) is 19.5 Å². The van der Waals surface area contributed by atoms with Gasteiger partial charge < -0.3 is 35.8 Å². The molecule has 1 fully saturated rings. The molecule has 2 aromatic heterocycles. The zero-order valence-corrected chi connectivity index (χ0v) is 17.1. The molecule has 166 valence electrons. The minimum atomic E-state index is -4.83. The van der Waals surface area contributed by atoms with Crippen molar-refractivity contribution in [3.63, 3.8) is 0 Å². The van der Waals surface area contributed by atoms with Crippen LogP contribution < -0.4 is 11.1 Å². The van der Waals surface area contributed by atoms with Gasteiger partial charge in [0, 0.05) is 6.42 Å². The maximum absolute atomic E-state index is 11.0. The molecule has 0 aromatic carbocycles. The first-order valence-electron chi connectivity index (χ1n) is 8.70. The van der Waals surface area contributed by atoms with E-state index < -0.39 is 38.5 Å². The van der Waals surface area contributed by atoms with Gasteiger partial charge in [-0.15, -0.1) is 11.8 Å². The molecule has 1 saturated heterocycles. The topological polar surface area (TPSA) is 215 Å². The molecule has 0 saturated carbocycles. The van der Waals surface area contributed by atoms with E-state index in [9.17, 15) is 14.5 Å². The molecule has 4 atom stereocenters. The van der Waals surface area contributed by atoms with E-state index >= 15 is 0 Å². The molecule has 14 nitrogen and oxygen atoms in total. The van der Waals surface area contributed by atoms with Crippen molar-refractivity contribution >= 4 is 42.5 Å². The Hall–Kier alpha value is -1.84. The number of carboxylic acid groups (broad SMARTS) is 1. The number of fused-ring (bicyclic) bond motifs is 1. The van der Waals surface area contributed by atoms with Gasteiger partial charge in [0.2, 0.25) is 0 Å². The minimum Gasteiger partial charge on any atom is -0.480 e. The molecule has 3 heterocycles. The van der Waals surface area contributed by atoms with Gasteiger partial charge in [0.25, 0.3) is 0 Å². The first-order valence-corrected chi connectivity index (χ1v) is 11.4. The highest BCUT2D eigenvalue weighted by molar-refractivity contribution is 7.99. The lowest BCUT2D eigenvalue weighted by Gasteiger charge is -2.16. The van der Waals surface area contributed by atoms with E-state index in [1.165, 1.54) is 29.0 Å². The predicted molar refractivity (Wildman–Crippen MR) is 104 cm³/mol. The number of imidazole rings is 1. The largest absolute Gasteiger partial charge is 0.480 e. The quantitative estimate of drug-likeness (QED) is 0.148. The van der Waals surface area contributed by atoms with Crippen molar-refractivity contribution in [2.75, 3.05) is 16.9 Å². The number of carbonyl (C=O) groups is 1. The summed E-state index contributed by atoms with van der Waals surface area (Å²) in [6.45, 7) is 0. The van der Waals surface area contributed by atoms with Gasteiger partial charge in [-0.3, -0.25) is 13.9 Å². The molecule has 1 aliphatic rings. The van der Waals surface area contributed by atoms with E-state index in [1.807, 2.05) is 0 Å². The lowest BCUT2D eigenvalue weighted by Crippen LogP contribution is -2.30. The summed E-state index contributed by atoms with van der Waals surface area (Å²) in [6, 6.07) is -0.904. The number of carboxylic acids is 1. The number of phosphoric acid groups is 1. The lowest BCUT2D eigenvalue weighted by molar-refractivity contribution is -0.138. The first-order chi connectivity index (χ1) is 14.2. The number of nitrogens with one attached hydrogen (secondary N) is 1. The van der Waals surface area contributed by atoms with Gasteiger partial charge >= 0.3 is 13.8 Å². The number of aromatic nitrogens is 4. The maximum Gasteiger partial charge on any atom is 0.472 e. The van der Waals surface area contributed by atoms with Crippen LogP contribution in [0.3, 0.4) is 0 Å². The number of rotatable bonds is 10. The van der Waals surface area contributed by atoms with Gasteiger partial charge in [-0.05, 0) is 12.2 Å². The van der Waals surface area contributed by atoms with E-state index in [4.69, 9.17) is 25.4 Å². The number of aliphatic hydroxyl groups is 1. The van der Waals surface area contributed by atoms with Crippen LogP contribution in [0.25, 0.3) is 11.2 Å². The molecule has 7 N–H and O–H groups in total. The monoisotopic (exact) mass is 464 g/mol. The third kappa shape index (κ3) is 5.65. The minimum absolute atomic E-state index is 0.0164. The number of thioether (sulfide) groups is 1. The second-order valence-corrected chi connectivity index (χ2v) is 8.66. The molecule has 0 spiro atoms. The maximum atomic E-state index is 11.0. The van der Waals surface area contributed by atoms with E-state index in [1.54, 1.807) is 0 Å². The molecular formula is C14H21N6O8PS. The smallest absolute Gasteiger partial charge is 0.472 e. The summed E-state index contributed by atoms with van der Waals surface area (Å²) in [6.07, 6.45) is -0.452. The Morgan fingerprint density at radius 2 is 2.23 bits per heavy atom. The number of ether oxygens (including phenoxy) is 1. The van der Waals surface area contributed by atoms with Crippen molar-refractivity contribution in [2.45, 2.75) is 37.5 Å². The van der Waals surface area contributed by atoms with Crippen molar-refractivity contribution < 1.29 is 38.6 Å². The first kappa shape index (κ1) is 22.8. The summed E-state index contributed by atoms with van der Waals surface area (Å²) in [5, 5.41) is 21.8. The molecule has 0 radical (unpaired) electrons. The Morgan fingerprint density at radius 3 is 2.93 bits per heavy atom. The number of hydrogen-bond acceptors (Lipinski definition) is 11. The number of nitrogens with two attached hydrogens (primary N) is 1. The van der Waals surface area contributed by atoms with E-state index in [0.29, 0.717) is 35.0 Å². The van der Waals surface area contributed by atoms with Crippen LogP contribution in [0.5, 0.6) is 0 Å². The zero-order valence-electron chi connectivity index (χ0n) is 15.4. The molecule has 1 aliphatic heterocycles. The molecule has 3 rings (SSSR count). The molecule has 0 aliphatic carbocycles. The van der Waals surface area contributed by atoms with Crippen LogP contribution in [-0.2, 0) is 18.6 Å². The summed E-state index contributed by atoms with van der Waals surface area (Å²) in [5.41, 5.74) is 6.27. The van der Waals surface area contributed by atoms with E-state index in [2.05, 4.69) is 24.8 Å². The summed E-state index contributed by atoms with van der Waals surface area (Å²) in [4.78, 5) is 41.1. The van der Waals surface area contributed by atoms with Crippen molar-refractivity contribution in [1.29, 1.82) is 0 Å². The van der Waals surface area contributed by atoms with Crippen LogP contribution >= 0.6 is 19.6 Å². The number of aliphatic hydroxyl groups excluding tert-OH is 1. The Kier molecular flexibility index (Phi) is 7.26. The van der Waals surface area contributed by atoms with Crippen LogP contribution in [0.1, 0.15) is 19.1 Å². The molecule has 2 aromatic rings. The molecule has 30 heavy (non-hydrogen) atoms. The summed E-state index contributed by atoms with van der Waals surface area (Å²) >= 11 is 1.44. The second-order valence-electron chi connectivity index (χ2n) is 6.37. The van der Waals surface area contributed by atoms with Gasteiger partial charge in [0.1, 0.15) is 24.7 Å². The summed E-state index contributed by atoms with van der Waals surface area (Å²) in [7, 11) is -4.83. The SMILES string of the molecule is NC(CCSCNc1ncnc2c1ncn2C1CC(O)C(OP(=O)(O)O)O1)C(=O)O. The highest BCUT2D eigenvalue weighted by Crippen LogP contribution is 2.43. The Balaban J connectivity index is 1.63. The van der Waals surface area contributed by atoms with Crippen molar-refractivity contribution in [3.05, 3.63) is 12.7 Å². The van der Waals surface area contributed by atoms with Crippen LogP contribution in [0.4, 0.5) is 5.82 Å².